The van der Waals surface area contributed by atoms with Crippen molar-refractivity contribution >= 4 is 16.7 Å². The van der Waals surface area contributed by atoms with E-state index in [9.17, 15) is 0 Å². The lowest BCUT2D eigenvalue weighted by molar-refractivity contribution is 0.950. The molecule has 0 atom stereocenters. The van der Waals surface area contributed by atoms with E-state index in [1.54, 1.807) is 0 Å². The maximum Gasteiger partial charge on any atom is 0.202 e. The minimum atomic E-state index is 0.592. The van der Waals surface area contributed by atoms with Crippen molar-refractivity contribution in [2.24, 2.45) is 0 Å². The molecule has 2 aromatic heterocycles. The predicted molar refractivity (Wildman–Crippen MR) is 48.4 cm³/mol. The maximum absolute atomic E-state index is 4.14. The summed E-state index contributed by atoms with van der Waals surface area (Å²) in [4.78, 5) is 8.11. The van der Waals surface area contributed by atoms with Gasteiger partial charge in [-0.2, -0.15) is 9.47 Å². The minimum absolute atomic E-state index is 0.592. The summed E-state index contributed by atoms with van der Waals surface area (Å²) in [5.74, 6) is 1.57. The number of aryl methyl sites for hydroxylation is 1. The van der Waals surface area contributed by atoms with Gasteiger partial charge in [-0.25, -0.2) is 9.97 Å². The molecule has 0 amide bonds. The fourth-order valence-corrected chi connectivity index (χ4v) is 1.41. The molecule has 0 aliphatic rings. The Kier molecular flexibility index (Phi) is 2.17. The molecule has 0 bridgehead atoms. The molecule has 2 heterocycles. The Hall–Kier alpha value is -1.50. The number of nitrogens with one attached hydrogen (secondary N) is 2. The highest BCUT2D eigenvalue weighted by Crippen LogP contribution is 2.10. The van der Waals surface area contributed by atoms with Crippen molar-refractivity contribution in [3.63, 3.8) is 0 Å². The zero-order valence-corrected chi connectivity index (χ0v) is 7.80. The van der Waals surface area contributed by atoms with E-state index in [0.29, 0.717) is 6.54 Å². The average molecular weight is 196 g/mol. The van der Waals surface area contributed by atoms with Gasteiger partial charge in [-0.3, -0.25) is 5.10 Å². The van der Waals surface area contributed by atoms with Gasteiger partial charge in [0.2, 0.25) is 5.13 Å². The first-order chi connectivity index (χ1) is 6.34. The molecule has 0 aliphatic carbocycles. The van der Waals surface area contributed by atoms with Crippen molar-refractivity contribution in [2.45, 2.75) is 13.5 Å². The van der Waals surface area contributed by atoms with Crippen LogP contribution in [0.3, 0.4) is 0 Å². The van der Waals surface area contributed by atoms with Gasteiger partial charge in [-0.1, -0.05) is 0 Å². The molecular weight excluding hydrogens is 188 g/mol. The van der Waals surface area contributed by atoms with E-state index >= 15 is 0 Å². The summed E-state index contributed by atoms with van der Waals surface area (Å²) in [6.45, 7) is 2.45. The number of aromatic nitrogens is 5. The van der Waals surface area contributed by atoms with Gasteiger partial charge in [-0.05, 0) is 6.92 Å². The van der Waals surface area contributed by atoms with Gasteiger partial charge >= 0.3 is 0 Å². The Morgan fingerprint density at radius 1 is 1.62 bits per heavy atom. The lowest BCUT2D eigenvalue weighted by Crippen LogP contribution is -2.00. The van der Waals surface area contributed by atoms with E-state index in [2.05, 4.69) is 29.9 Å². The highest BCUT2D eigenvalue weighted by molar-refractivity contribution is 7.09. The molecule has 2 N–H and O–H groups in total. The number of H-pyrrole nitrogens is 1. The van der Waals surface area contributed by atoms with Crippen LogP contribution in [-0.2, 0) is 6.54 Å². The van der Waals surface area contributed by atoms with Gasteiger partial charge in [-0.15, -0.1) is 0 Å². The first-order valence-corrected chi connectivity index (χ1v) is 4.50. The van der Waals surface area contributed by atoms with Gasteiger partial charge in [0.25, 0.3) is 0 Å². The van der Waals surface area contributed by atoms with Crippen molar-refractivity contribution in [1.29, 1.82) is 0 Å². The summed E-state index contributed by atoms with van der Waals surface area (Å²) in [6, 6.07) is 0. The van der Waals surface area contributed by atoms with Crippen LogP contribution in [0.15, 0.2) is 6.33 Å². The molecule has 0 fully saturated rings. The van der Waals surface area contributed by atoms with Crippen LogP contribution in [-0.4, -0.2) is 24.5 Å². The van der Waals surface area contributed by atoms with Crippen LogP contribution in [0.25, 0.3) is 0 Å². The summed E-state index contributed by atoms with van der Waals surface area (Å²) < 4.78 is 4.04. The first-order valence-electron chi connectivity index (χ1n) is 3.73. The molecule has 0 radical (unpaired) electrons. The maximum atomic E-state index is 4.14. The van der Waals surface area contributed by atoms with Gasteiger partial charge < -0.3 is 5.32 Å². The monoisotopic (exact) mass is 196 g/mol. The van der Waals surface area contributed by atoms with E-state index < -0.39 is 0 Å². The first kappa shape index (κ1) is 8.11. The van der Waals surface area contributed by atoms with E-state index in [0.717, 1.165) is 16.8 Å². The highest BCUT2D eigenvalue weighted by Gasteiger charge is 2.00. The molecule has 6 nitrogen and oxygen atoms in total. The number of hydrogen-bond acceptors (Lipinski definition) is 6. The summed E-state index contributed by atoms with van der Waals surface area (Å²) in [7, 11) is 0. The third-order valence-electron chi connectivity index (χ3n) is 1.40. The van der Waals surface area contributed by atoms with Crippen LogP contribution in [0.4, 0.5) is 5.13 Å². The van der Waals surface area contributed by atoms with E-state index in [4.69, 9.17) is 0 Å². The van der Waals surface area contributed by atoms with Crippen molar-refractivity contribution in [3.05, 3.63) is 18.0 Å². The second kappa shape index (κ2) is 3.48. The van der Waals surface area contributed by atoms with Crippen LogP contribution in [0.1, 0.15) is 11.6 Å². The van der Waals surface area contributed by atoms with E-state index in [-0.39, 0.29) is 0 Å². The molecule has 2 rings (SSSR count). The Labute approximate surface area is 78.6 Å². The Balaban J connectivity index is 1.93. The standard InChI is InChI=1S/C6H8N6S/c1-4-10-6(13-12-4)7-2-5-8-3-9-11-5/h3H,2H2,1H3,(H,7,10,12)(H,8,9,11). The van der Waals surface area contributed by atoms with E-state index in [1.807, 2.05) is 6.92 Å². The molecule has 2 aromatic rings. The van der Waals surface area contributed by atoms with Gasteiger partial charge in [0.05, 0.1) is 6.54 Å². The zero-order valence-electron chi connectivity index (χ0n) is 6.98. The summed E-state index contributed by atoms with van der Waals surface area (Å²) in [5, 5.41) is 10.4. The summed E-state index contributed by atoms with van der Waals surface area (Å²) >= 11 is 1.34. The topological polar surface area (TPSA) is 79.4 Å². The van der Waals surface area contributed by atoms with Crippen molar-refractivity contribution in [1.82, 2.24) is 24.5 Å². The summed E-state index contributed by atoms with van der Waals surface area (Å²) in [6.07, 6.45) is 1.47. The Morgan fingerprint density at radius 2 is 2.54 bits per heavy atom. The molecule has 0 aliphatic heterocycles. The van der Waals surface area contributed by atoms with E-state index in [1.165, 1.54) is 17.9 Å². The second-order valence-corrected chi connectivity index (χ2v) is 3.18. The SMILES string of the molecule is Cc1nsc(NCc2ncn[nH]2)n1. The number of rotatable bonds is 3. The smallest absolute Gasteiger partial charge is 0.202 e. The molecule has 7 heteroatoms. The number of nitrogens with zero attached hydrogens (tertiary/aromatic N) is 4. The zero-order chi connectivity index (χ0) is 9.10. The van der Waals surface area contributed by atoms with Gasteiger partial charge in [0.15, 0.2) is 0 Å². The van der Waals surface area contributed by atoms with Crippen LogP contribution < -0.4 is 5.32 Å². The predicted octanol–water partition coefficient (Wildman–Crippen LogP) is 0.577. The quantitative estimate of drug-likeness (QED) is 0.750. The highest BCUT2D eigenvalue weighted by atomic mass is 32.1. The molecule has 0 unspecified atom stereocenters. The Morgan fingerprint density at radius 3 is 3.15 bits per heavy atom. The largest absolute Gasteiger partial charge is 0.353 e. The average Bonchev–Trinajstić information content (AvgIpc) is 2.71. The molecular formula is C6H8N6S. The minimum Gasteiger partial charge on any atom is -0.353 e. The number of anilines is 1. The van der Waals surface area contributed by atoms with Crippen LogP contribution in [0.2, 0.25) is 0 Å². The van der Waals surface area contributed by atoms with Crippen molar-refractivity contribution in [3.8, 4) is 0 Å². The fourth-order valence-electron chi connectivity index (χ4n) is 0.844. The third-order valence-corrected chi connectivity index (χ3v) is 2.16. The molecule has 68 valence electrons. The van der Waals surface area contributed by atoms with Gasteiger partial charge in [0.1, 0.15) is 18.0 Å². The number of hydrogen-bond donors (Lipinski definition) is 2. The molecule has 0 aromatic carbocycles. The number of aromatic amines is 1. The van der Waals surface area contributed by atoms with Crippen LogP contribution in [0, 0.1) is 6.92 Å². The second-order valence-electron chi connectivity index (χ2n) is 2.43. The van der Waals surface area contributed by atoms with Crippen molar-refractivity contribution < 1.29 is 0 Å². The molecule has 13 heavy (non-hydrogen) atoms. The fraction of sp³-hybridized carbons (Fsp3) is 0.333. The summed E-state index contributed by atoms with van der Waals surface area (Å²) in [5.41, 5.74) is 0. The van der Waals surface area contributed by atoms with Crippen LogP contribution >= 0.6 is 11.5 Å². The normalized spacial score (nSPS) is 10.2. The lowest BCUT2D eigenvalue weighted by atomic mass is 10.6. The Bertz CT molecular complexity index is 366. The molecule has 0 saturated carbocycles. The van der Waals surface area contributed by atoms with Crippen LogP contribution in [0.5, 0.6) is 0 Å². The third kappa shape index (κ3) is 2.00. The van der Waals surface area contributed by atoms with Gasteiger partial charge in [0, 0.05) is 11.5 Å². The molecule has 0 spiro atoms. The molecule has 0 saturated heterocycles. The lowest BCUT2D eigenvalue weighted by Gasteiger charge is -1.95. The van der Waals surface area contributed by atoms with Crippen molar-refractivity contribution in [2.75, 3.05) is 5.32 Å².